The van der Waals surface area contributed by atoms with Crippen LogP contribution in [0.5, 0.6) is 0 Å². The number of hydrogen-bond donors (Lipinski definition) is 0. The van der Waals surface area contributed by atoms with Crippen LogP contribution in [0.1, 0.15) is 27.9 Å². The van der Waals surface area contributed by atoms with Crippen molar-refractivity contribution in [2.75, 3.05) is 26.2 Å². The molecule has 0 spiro atoms. The van der Waals surface area contributed by atoms with Crippen LogP contribution >= 0.6 is 11.3 Å². The topological polar surface area (TPSA) is 50.1 Å². The highest BCUT2D eigenvalue weighted by Gasteiger charge is 2.30. The summed E-state index contributed by atoms with van der Waals surface area (Å²) in [5, 5.41) is 15.0. The third-order valence-corrected chi connectivity index (χ3v) is 6.69. The molecule has 31 heavy (non-hydrogen) atoms. The normalized spacial score (nSPS) is 16.4. The zero-order chi connectivity index (χ0) is 20.9. The Balaban J connectivity index is 1.36. The summed E-state index contributed by atoms with van der Waals surface area (Å²) in [5.74, 6) is 0.913. The predicted octanol–water partition coefficient (Wildman–Crippen LogP) is 3.69. The van der Waals surface area contributed by atoms with Crippen LogP contribution in [0.25, 0.3) is 0 Å². The van der Waals surface area contributed by atoms with Gasteiger partial charge in [-0.15, -0.1) is 16.4 Å². The van der Waals surface area contributed by atoms with Crippen molar-refractivity contribution in [3.05, 3.63) is 100 Å². The predicted molar refractivity (Wildman–Crippen MR) is 123 cm³/mol. The van der Waals surface area contributed by atoms with Gasteiger partial charge in [0, 0.05) is 37.6 Å². The zero-order valence-electron chi connectivity index (χ0n) is 17.4. The van der Waals surface area contributed by atoms with E-state index in [0.717, 1.165) is 38.5 Å². The summed E-state index contributed by atoms with van der Waals surface area (Å²) in [5.41, 5.74) is 2.61. The fourth-order valence-corrected chi connectivity index (χ4v) is 4.94. The molecule has 0 radical (unpaired) electrons. The van der Waals surface area contributed by atoms with Gasteiger partial charge in [-0.2, -0.15) is 0 Å². The lowest BCUT2D eigenvalue weighted by Gasteiger charge is -2.39. The van der Waals surface area contributed by atoms with Crippen molar-refractivity contribution >= 4 is 11.3 Å². The summed E-state index contributed by atoms with van der Waals surface area (Å²) in [6, 6.07) is 25.6. The first-order valence-corrected chi connectivity index (χ1v) is 11.6. The van der Waals surface area contributed by atoms with Crippen molar-refractivity contribution in [2.24, 2.45) is 0 Å². The maximum absolute atomic E-state index is 4.49. The lowest BCUT2D eigenvalue weighted by Crippen LogP contribution is -2.47. The Morgan fingerprint density at radius 1 is 0.806 bits per heavy atom. The Bertz CT molecular complexity index is 1060. The van der Waals surface area contributed by atoms with Crippen molar-refractivity contribution in [3.63, 3.8) is 0 Å². The van der Waals surface area contributed by atoms with Gasteiger partial charge in [0.25, 0.3) is 0 Å². The van der Waals surface area contributed by atoms with Gasteiger partial charge < -0.3 is 0 Å². The van der Waals surface area contributed by atoms with Crippen molar-refractivity contribution in [1.29, 1.82) is 0 Å². The van der Waals surface area contributed by atoms with E-state index in [-0.39, 0.29) is 6.04 Å². The molecule has 0 bridgehead atoms. The minimum atomic E-state index is 0.0510. The molecule has 1 fully saturated rings. The van der Waals surface area contributed by atoms with Crippen LogP contribution in [-0.2, 0) is 13.1 Å². The third kappa shape index (κ3) is 4.74. The van der Waals surface area contributed by atoms with Crippen molar-refractivity contribution < 1.29 is 0 Å². The third-order valence-electron chi connectivity index (χ3n) is 5.83. The molecule has 2 aromatic carbocycles. The summed E-state index contributed by atoms with van der Waals surface area (Å²) in [7, 11) is 0. The highest BCUT2D eigenvalue weighted by Crippen LogP contribution is 2.28. The molecule has 158 valence electrons. The summed E-state index contributed by atoms with van der Waals surface area (Å²) in [4.78, 5) is 6.31. The smallest absolute Gasteiger partial charge is 0.173 e. The first-order valence-electron chi connectivity index (χ1n) is 10.7. The van der Waals surface area contributed by atoms with E-state index in [1.165, 1.54) is 16.0 Å². The van der Waals surface area contributed by atoms with Gasteiger partial charge in [0.15, 0.2) is 5.82 Å². The highest BCUT2D eigenvalue weighted by molar-refractivity contribution is 7.09. The number of aromatic nitrogens is 4. The number of rotatable bonds is 7. The lowest BCUT2D eigenvalue weighted by molar-refractivity contribution is 0.100. The molecule has 0 unspecified atom stereocenters. The van der Waals surface area contributed by atoms with Crippen LogP contribution in [0.2, 0.25) is 0 Å². The Morgan fingerprint density at radius 2 is 1.55 bits per heavy atom. The molecule has 1 aliphatic rings. The van der Waals surface area contributed by atoms with Gasteiger partial charge in [-0.1, -0.05) is 66.7 Å². The molecule has 1 aliphatic heterocycles. The molecule has 5 rings (SSSR count). The van der Waals surface area contributed by atoms with Crippen LogP contribution < -0.4 is 0 Å². The number of piperazine rings is 1. The number of hydrogen-bond acceptors (Lipinski definition) is 6. The van der Waals surface area contributed by atoms with E-state index in [0.29, 0.717) is 6.54 Å². The quantitative estimate of drug-likeness (QED) is 0.448. The molecule has 6 nitrogen and oxygen atoms in total. The second-order valence-electron chi connectivity index (χ2n) is 7.89. The van der Waals surface area contributed by atoms with Crippen LogP contribution in [-0.4, -0.2) is 56.2 Å². The van der Waals surface area contributed by atoms with Crippen LogP contribution in [0.3, 0.4) is 0 Å². The van der Waals surface area contributed by atoms with Gasteiger partial charge in [0.05, 0.1) is 12.6 Å². The Hall–Kier alpha value is -2.87. The second kappa shape index (κ2) is 9.51. The van der Waals surface area contributed by atoms with E-state index in [1.54, 1.807) is 11.3 Å². The van der Waals surface area contributed by atoms with Crippen LogP contribution in [0.15, 0.2) is 78.2 Å². The standard InChI is InChI=1S/C24H26N6S/c1-3-8-20(9-4-1)18-28-13-15-29(16-14-28)23(21-10-5-2-6-11-21)24-25-26-27-30(24)19-22-12-7-17-31-22/h1-12,17,23H,13-16,18-19H2/t23-/m1/s1. The summed E-state index contributed by atoms with van der Waals surface area (Å²) in [6.07, 6.45) is 0. The minimum absolute atomic E-state index is 0.0510. The highest BCUT2D eigenvalue weighted by atomic mass is 32.1. The van der Waals surface area contributed by atoms with Gasteiger partial charge in [0.2, 0.25) is 0 Å². The second-order valence-corrected chi connectivity index (χ2v) is 8.92. The number of thiophene rings is 1. The molecule has 1 atom stereocenters. The lowest BCUT2D eigenvalue weighted by atomic mass is 10.0. The van der Waals surface area contributed by atoms with E-state index in [4.69, 9.17) is 0 Å². The molecular formula is C24H26N6S. The van der Waals surface area contributed by atoms with Gasteiger partial charge in [-0.05, 0) is 33.0 Å². The van der Waals surface area contributed by atoms with Crippen molar-refractivity contribution in [3.8, 4) is 0 Å². The van der Waals surface area contributed by atoms with E-state index >= 15 is 0 Å². The molecule has 0 saturated carbocycles. The average Bonchev–Trinajstić information content (AvgIpc) is 3.50. The molecular weight excluding hydrogens is 404 g/mol. The van der Waals surface area contributed by atoms with Gasteiger partial charge in [0.1, 0.15) is 0 Å². The van der Waals surface area contributed by atoms with E-state index in [9.17, 15) is 0 Å². The molecule has 4 aromatic rings. The SMILES string of the molecule is c1ccc(CN2CCN([C@H](c3ccccc3)c3nnnn3Cc3cccs3)CC2)cc1. The summed E-state index contributed by atoms with van der Waals surface area (Å²) < 4.78 is 1.96. The first kappa shape index (κ1) is 20.1. The van der Waals surface area contributed by atoms with Gasteiger partial charge >= 0.3 is 0 Å². The summed E-state index contributed by atoms with van der Waals surface area (Å²) >= 11 is 1.74. The molecule has 0 N–H and O–H groups in total. The van der Waals surface area contributed by atoms with Crippen molar-refractivity contribution in [1.82, 2.24) is 30.0 Å². The average molecular weight is 431 g/mol. The molecule has 1 saturated heterocycles. The van der Waals surface area contributed by atoms with Crippen LogP contribution in [0, 0.1) is 0 Å². The van der Waals surface area contributed by atoms with Crippen molar-refractivity contribution in [2.45, 2.75) is 19.1 Å². The van der Waals surface area contributed by atoms with Gasteiger partial charge in [-0.3, -0.25) is 9.80 Å². The number of benzene rings is 2. The van der Waals surface area contributed by atoms with E-state index in [2.05, 4.69) is 104 Å². The Morgan fingerprint density at radius 3 is 2.26 bits per heavy atom. The fourth-order valence-electron chi connectivity index (χ4n) is 4.25. The zero-order valence-corrected chi connectivity index (χ0v) is 18.2. The molecule has 0 amide bonds. The molecule has 3 heterocycles. The fraction of sp³-hybridized carbons (Fsp3) is 0.292. The maximum atomic E-state index is 4.49. The molecule has 2 aromatic heterocycles. The summed E-state index contributed by atoms with van der Waals surface area (Å²) in [6.45, 7) is 5.74. The maximum Gasteiger partial charge on any atom is 0.173 e. The van der Waals surface area contributed by atoms with Gasteiger partial charge in [-0.25, -0.2) is 4.68 Å². The molecule has 0 aliphatic carbocycles. The largest absolute Gasteiger partial charge is 0.297 e. The molecule has 7 heteroatoms. The van der Waals surface area contributed by atoms with Crippen LogP contribution in [0.4, 0.5) is 0 Å². The van der Waals surface area contributed by atoms with E-state index < -0.39 is 0 Å². The number of nitrogens with zero attached hydrogens (tertiary/aromatic N) is 6. The Kier molecular flexibility index (Phi) is 6.15. The minimum Gasteiger partial charge on any atom is -0.297 e. The number of tetrazole rings is 1. The Labute approximate surface area is 186 Å². The first-order chi connectivity index (χ1) is 15.4. The van der Waals surface area contributed by atoms with E-state index in [1.807, 2.05) is 4.68 Å². The monoisotopic (exact) mass is 430 g/mol.